The van der Waals surface area contributed by atoms with Crippen molar-refractivity contribution >= 4 is 28.3 Å². The van der Waals surface area contributed by atoms with E-state index in [4.69, 9.17) is 4.42 Å². The van der Waals surface area contributed by atoms with Crippen molar-refractivity contribution in [2.24, 2.45) is 20.0 Å². The summed E-state index contributed by atoms with van der Waals surface area (Å²) in [5.74, 6) is 0.492. The first kappa shape index (κ1) is 19.0. The number of aromatic nitrogens is 2. The van der Waals surface area contributed by atoms with Gasteiger partial charge in [0, 0.05) is 27.2 Å². The van der Waals surface area contributed by atoms with Crippen molar-refractivity contribution in [1.29, 1.82) is 0 Å². The highest BCUT2D eigenvalue weighted by molar-refractivity contribution is 6.05. The van der Waals surface area contributed by atoms with Crippen LogP contribution in [0.15, 0.2) is 44.5 Å². The molecule has 0 atom stereocenters. The van der Waals surface area contributed by atoms with Crippen LogP contribution in [0.1, 0.15) is 30.3 Å². The molecule has 1 N–H and O–H groups in total. The average Bonchev–Trinajstić information content (AvgIpc) is 3.26. The number of benzene rings is 1. The largest absolute Gasteiger partial charge is 0.459 e. The van der Waals surface area contributed by atoms with Gasteiger partial charge in [0.05, 0.1) is 28.7 Å². The first-order valence-corrected chi connectivity index (χ1v) is 9.70. The Morgan fingerprint density at radius 3 is 2.28 bits per heavy atom. The van der Waals surface area contributed by atoms with Gasteiger partial charge in [0.15, 0.2) is 5.76 Å². The third-order valence-corrected chi connectivity index (χ3v) is 5.73. The third-order valence-electron chi connectivity index (χ3n) is 5.73. The van der Waals surface area contributed by atoms with Gasteiger partial charge in [0.1, 0.15) is 0 Å². The highest BCUT2D eigenvalue weighted by Crippen LogP contribution is 2.33. The van der Waals surface area contributed by atoms with Gasteiger partial charge in [-0.3, -0.25) is 14.4 Å². The minimum absolute atomic E-state index is 0.206. The van der Waals surface area contributed by atoms with E-state index in [1.54, 1.807) is 32.3 Å². The molecule has 1 aliphatic heterocycles. The number of aryl methyl sites for hydroxylation is 2. The van der Waals surface area contributed by atoms with Gasteiger partial charge in [-0.1, -0.05) is 6.92 Å². The molecular weight excluding hydrogens is 372 g/mol. The lowest BCUT2D eigenvalue weighted by Crippen LogP contribution is -2.39. The number of nitrogens with one attached hydrogen (secondary N) is 1. The molecule has 0 saturated carbocycles. The molecule has 3 heterocycles. The molecule has 0 unspecified atom stereocenters. The van der Waals surface area contributed by atoms with Crippen LogP contribution in [0.2, 0.25) is 0 Å². The normalized spacial score (nSPS) is 15.1. The second-order valence-electron chi connectivity index (χ2n) is 7.69. The fraction of sp³-hybridized carbons (Fsp3) is 0.381. The SMILES string of the molecule is CC1CCN(c2cc3c(cc2NC(=O)c2ccco2)n(C)c(=O)c(=O)n3C)CC1. The highest BCUT2D eigenvalue weighted by atomic mass is 16.3. The number of amides is 1. The van der Waals surface area contributed by atoms with Crippen LogP contribution in [-0.2, 0) is 14.1 Å². The Bertz CT molecular complexity index is 1180. The second kappa shape index (κ2) is 7.27. The summed E-state index contributed by atoms with van der Waals surface area (Å²) in [6, 6.07) is 6.88. The van der Waals surface area contributed by atoms with E-state index in [0.29, 0.717) is 22.6 Å². The van der Waals surface area contributed by atoms with Gasteiger partial charge in [-0.15, -0.1) is 0 Å². The van der Waals surface area contributed by atoms with Crippen LogP contribution < -0.4 is 21.3 Å². The fourth-order valence-corrected chi connectivity index (χ4v) is 3.81. The van der Waals surface area contributed by atoms with Gasteiger partial charge >= 0.3 is 11.1 Å². The van der Waals surface area contributed by atoms with Crippen molar-refractivity contribution in [3.8, 4) is 0 Å². The summed E-state index contributed by atoms with van der Waals surface area (Å²) in [6.07, 6.45) is 3.55. The van der Waals surface area contributed by atoms with E-state index in [1.165, 1.54) is 15.4 Å². The van der Waals surface area contributed by atoms with E-state index in [0.717, 1.165) is 31.6 Å². The molecule has 1 aliphatic rings. The number of hydrogen-bond acceptors (Lipinski definition) is 5. The van der Waals surface area contributed by atoms with Crippen molar-refractivity contribution in [2.75, 3.05) is 23.3 Å². The van der Waals surface area contributed by atoms with Crippen LogP contribution in [0.3, 0.4) is 0 Å². The monoisotopic (exact) mass is 396 g/mol. The molecule has 3 aromatic rings. The number of fused-ring (bicyclic) bond motifs is 1. The van der Waals surface area contributed by atoms with Gasteiger partial charge in [0.2, 0.25) is 0 Å². The topological polar surface area (TPSA) is 89.5 Å². The lowest BCUT2D eigenvalue weighted by Gasteiger charge is -2.33. The Labute approximate surface area is 167 Å². The molecule has 1 aromatic carbocycles. The van der Waals surface area contributed by atoms with Gasteiger partial charge in [-0.25, -0.2) is 0 Å². The van der Waals surface area contributed by atoms with Crippen molar-refractivity contribution in [1.82, 2.24) is 9.13 Å². The lowest BCUT2D eigenvalue weighted by molar-refractivity contribution is 0.0996. The third kappa shape index (κ3) is 3.35. The Balaban J connectivity index is 1.88. The summed E-state index contributed by atoms with van der Waals surface area (Å²) in [5, 5.41) is 2.92. The number of hydrogen-bond donors (Lipinski definition) is 1. The van der Waals surface area contributed by atoms with E-state index >= 15 is 0 Å². The van der Waals surface area contributed by atoms with Crippen molar-refractivity contribution in [3.63, 3.8) is 0 Å². The maximum absolute atomic E-state index is 12.6. The number of nitrogens with zero attached hydrogens (tertiary/aromatic N) is 3. The van der Waals surface area contributed by atoms with Crippen LogP contribution >= 0.6 is 0 Å². The van der Waals surface area contributed by atoms with Gasteiger partial charge in [-0.2, -0.15) is 0 Å². The molecule has 0 aliphatic carbocycles. The minimum Gasteiger partial charge on any atom is -0.459 e. The van der Waals surface area contributed by atoms with Crippen LogP contribution in [0, 0.1) is 5.92 Å². The molecule has 0 spiro atoms. The van der Waals surface area contributed by atoms with Crippen molar-refractivity contribution < 1.29 is 9.21 Å². The molecule has 8 heteroatoms. The molecule has 2 aromatic heterocycles. The maximum Gasteiger partial charge on any atom is 0.316 e. The highest BCUT2D eigenvalue weighted by Gasteiger charge is 2.22. The predicted molar refractivity (Wildman–Crippen MR) is 112 cm³/mol. The van der Waals surface area contributed by atoms with E-state index in [1.807, 2.05) is 6.07 Å². The molecule has 1 fully saturated rings. The summed E-state index contributed by atoms with van der Waals surface area (Å²) in [7, 11) is 3.15. The van der Waals surface area contributed by atoms with E-state index < -0.39 is 11.1 Å². The minimum atomic E-state index is -0.608. The van der Waals surface area contributed by atoms with Crippen LogP contribution in [0.4, 0.5) is 11.4 Å². The number of anilines is 2. The Morgan fingerprint density at radius 2 is 1.69 bits per heavy atom. The van der Waals surface area contributed by atoms with E-state index in [2.05, 4.69) is 17.1 Å². The molecule has 0 radical (unpaired) electrons. The van der Waals surface area contributed by atoms with E-state index in [-0.39, 0.29) is 11.7 Å². The Hall–Kier alpha value is -3.29. The van der Waals surface area contributed by atoms with Gasteiger partial charge < -0.3 is 23.8 Å². The molecule has 4 rings (SSSR count). The standard InChI is InChI=1S/C21H24N4O4/c1-13-6-8-25(9-7-13)15-12-17-16(23(2)20(27)21(28)24(17)3)11-14(15)22-19(26)18-5-4-10-29-18/h4-5,10-13H,6-9H2,1-3H3,(H,22,26). The average molecular weight is 396 g/mol. The van der Waals surface area contributed by atoms with Crippen molar-refractivity contribution in [2.45, 2.75) is 19.8 Å². The Morgan fingerprint density at radius 1 is 1.07 bits per heavy atom. The number of carbonyl (C=O) groups is 1. The quantitative estimate of drug-likeness (QED) is 0.687. The predicted octanol–water partition coefficient (Wildman–Crippen LogP) is 2.32. The number of carbonyl (C=O) groups excluding carboxylic acids is 1. The van der Waals surface area contributed by atoms with Crippen LogP contribution in [0.5, 0.6) is 0 Å². The van der Waals surface area contributed by atoms with Crippen LogP contribution in [0.25, 0.3) is 11.0 Å². The molecule has 1 saturated heterocycles. The zero-order valence-electron chi connectivity index (χ0n) is 16.8. The summed E-state index contributed by atoms with van der Waals surface area (Å²) < 4.78 is 7.89. The van der Waals surface area contributed by atoms with Gasteiger partial charge in [-0.05, 0) is 43.0 Å². The number of furan rings is 1. The first-order chi connectivity index (χ1) is 13.9. The summed E-state index contributed by atoms with van der Waals surface area (Å²) in [5.41, 5.74) is 1.44. The number of rotatable bonds is 3. The zero-order chi connectivity index (χ0) is 20.7. The fourth-order valence-electron chi connectivity index (χ4n) is 3.81. The lowest BCUT2D eigenvalue weighted by atomic mass is 9.98. The van der Waals surface area contributed by atoms with Gasteiger partial charge in [0.25, 0.3) is 5.91 Å². The zero-order valence-corrected chi connectivity index (χ0v) is 16.8. The summed E-state index contributed by atoms with van der Waals surface area (Å²) in [4.78, 5) is 39.4. The summed E-state index contributed by atoms with van der Waals surface area (Å²) >= 11 is 0. The first-order valence-electron chi connectivity index (χ1n) is 9.70. The maximum atomic E-state index is 12.6. The molecule has 0 bridgehead atoms. The Kier molecular flexibility index (Phi) is 4.77. The molecule has 1 amide bonds. The molecule has 152 valence electrons. The van der Waals surface area contributed by atoms with E-state index in [9.17, 15) is 14.4 Å². The van der Waals surface area contributed by atoms with Crippen molar-refractivity contribution in [3.05, 3.63) is 57.0 Å². The second-order valence-corrected chi connectivity index (χ2v) is 7.69. The molecule has 8 nitrogen and oxygen atoms in total. The summed E-state index contributed by atoms with van der Waals surface area (Å²) in [6.45, 7) is 3.95. The molecular formula is C21H24N4O4. The smallest absolute Gasteiger partial charge is 0.316 e. The number of piperidine rings is 1. The molecule has 29 heavy (non-hydrogen) atoms. The van der Waals surface area contributed by atoms with Crippen LogP contribution in [-0.4, -0.2) is 28.1 Å².